The van der Waals surface area contributed by atoms with Crippen molar-refractivity contribution < 1.29 is 9.18 Å². The molecule has 3 aromatic rings. The predicted molar refractivity (Wildman–Crippen MR) is 118 cm³/mol. The van der Waals surface area contributed by atoms with E-state index in [1.54, 1.807) is 18.2 Å². The van der Waals surface area contributed by atoms with Crippen LogP contribution in [0.4, 0.5) is 4.39 Å². The Hall–Kier alpha value is -3.21. The van der Waals surface area contributed by atoms with Crippen LogP contribution in [0.5, 0.6) is 0 Å². The molecule has 2 aromatic carbocycles. The molecule has 158 valence electrons. The molecule has 2 aliphatic rings. The maximum Gasteiger partial charge on any atom is 0.259 e. The van der Waals surface area contributed by atoms with Gasteiger partial charge in [0.15, 0.2) is 5.43 Å². The molecule has 0 saturated heterocycles. The van der Waals surface area contributed by atoms with Gasteiger partial charge in [-0.15, -0.1) is 0 Å². The number of aryl methyl sites for hydroxylation is 1. The van der Waals surface area contributed by atoms with Gasteiger partial charge in [0.05, 0.1) is 0 Å². The second-order valence-electron chi connectivity index (χ2n) is 8.64. The molecule has 1 aliphatic carbocycles. The van der Waals surface area contributed by atoms with Crippen molar-refractivity contribution in [2.24, 2.45) is 0 Å². The molecule has 1 aliphatic heterocycles. The number of carbonyl (C=O) groups excluding carboxylic acids is 1. The molecule has 31 heavy (non-hydrogen) atoms. The van der Waals surface area contributed by atoms with Gasteiger partial charge in [0.2, 0.25) is 0 Å². The molecule has 0 atom stereocenters. The second-order valence-corrected chi connectivity index (χ2v) is 8.64. The minimum absolute atomic E-state index is 0.172. The van der Waals surface area contributed by atoms with E-state index in [1.165, 1.54) is 17.7 Å². The van der Waals surface area contributed by atoms with E-state index in [0.717, 1.165) is 41.8 Å². The fourth-order valence-electron chi connectivity index (χ4n) is 4.60. The van der Waals surface area contributed by atoms with Crippen LogP contribution in [-0.2, 0) is 19.5 Å². The van der Waals surface area contributed by atoms with Crippen molar-refractivity contribution in [3.63, 3.8) is 0 Å². The number of pyridine rings is 1. The standard InChI is InChI=1S/C26H25FN2O2/c1-17-14-23(30)24(26(31)28-13-12-19-4-2-3-5-21(19)16-28)25(20-8-9-20)29(17)15-18-6-10-22(27)11-7-18/h2-7,10-11,14,20H,8-9,12-13,15-16H2,1H3. The summed E-state index contributed by atoms with van der Waals surface area (Å²) in [7, 11) is 0. The molecule has 0 spiro atoms. The highest BCUT2D eigenvalue weighted by atomic mass is 19.1. The fraction of sp³-hybridized carbons (Fsp3) is 0.308. The molecule has 0 N–H and O–H groups in total. The molecule has 5 heteroatoms. The van der Waals surface area contributed by atoms with E-state index in [-0.39, 0.29) is 23.1 Å². The lowest BCUT2D eigenvalue weighted by Crippen LogP contribution is -2.39. The molecule has 1 aromatic heterocycles. The topological polar surface area (TPSA) is 42.3 Å². The molecular weight excluding hydrogens is 391 g/mol. The van der Waals surface area contributed by atoms with Crippen LogP contribution in [0.15, 0.2) is 59.4 Å². The summed E-state index contributed by atoms with van der Waals surface area (Å²) in [4.78, 5) is 28.5. The first-order valence-corrected chi connectivity index (χ1v) is 10.9. The van der Waals surface area contributed by atoms with Crippen LogP contribution in [-0.4, -0.2) is 21.9 Å². The smallest absolute Gasteiger partial charge is 0.259 e. The van der Waals surface area contributed by atoms with Crippen molar-refractivity contribution in [2.45, 2.75) is 45.2 Å². The van der Waals surface area contributed by atoms with E-state index in [2.05, 4.69) is 16.7 Å². The largest absolute Gasteiger partial charge is 0.343 e. The van der Waals surface area contributed by atoms with Crippen LogP contribution in [0.1, 0.15) is 57.2 Å². The number of hydrogen-bond donors (Lipinski definition) is 0. The zero-order valence-corrected chi connectivity index (χ0v) is 17.6. The summed E-state index contributed by atoms with van der Waals surface area (Å²) >= 11 is 0. The van der Waals surface area contributed by atoms with Gasteiger partial charge in [0.1, 0.15) is 11.4 Å². The molecule has 1 saturated carbocycles. The van der Waals surface area contributed by atoms with E-state index in [0.29, 0.717) is 25.2 Å². The highest BCUT2D eigenvalue weighted by Gasteiger charge is 2.35. The van der Waals surface area contributed by atoms with Crippen LogP contribution in [0.3, 0.4) is 0 Å². The first-order chi connectivity index (χ1) is 15.0. The van der Waals surface area contributed by atoms with Crippen LogP contribution in [0, 0.1) is 12.7 Å². The normalized spacial score (nSPS) is 15.6. The average Bonchev–Trinajstić information content (AvgIpc) is 3.61. The van der Waals surface area contributed by atoms with Gasteiger partial charge in [-0.1, -0.05) is 36.4 Å². The van der Waals surface area contributed by atoms with E-state index in [4.69, 9.17) is 0 Å². The maximum absolute atomic E-state index is 13.6. The molecule has 1 fully saturated rings. The van der Waals surface area contributed by atoms with Gasteiger partial charge in [-0.05, 0) is 55.0 Å². The summed E-state index contributed by atoms with van der Waals surface area (Å²) in [6.07, 6.45) is 2.77. The third-order valence-corrected chi connectivity index (χ3v) is 6.41. The molecular formula is C26H25FN2O2. The number of halogens is 1. The Morgan fingerprint density at radius 2 is 1.77 bits per heavy atom. The summed E-state index contributed by atoms with van der Waals surface area (Å²) in [6.45, 7) is 3.57. The van der Waals surface area contributed by atoms with E-state index in [9.17, 15) is 14.0 Å². The number of fused-ring (bicyclic) bond motifs is 1. The molecule has 5 rings (SSSR count). The van der Waals surface area contributed by atoms with Crippen molar-refractivity contribution >= 4 is 5.91 Å². The van der Waals surface area contributed by atoms with E-state index < -0.39 is 0 Å². The first-order valence-electron chi connectivity index (χ1n) is 10.9. The summed E-state index contributed by atoms with van der Waals surface area (Å²) in [5, 5.41) is 0. The molecule has 2 heterocycles. The summed E-state index contributed by atoms with van der Waals surface area (Å²) < 4.78 is 15.4. The van der Waals surface area contributed by atoms with Gasteiger partial charge >= 0.3 is 0 Å². The Morgan fingerprint density at radius 1 is 1.06 bits per heavy atom. The SMILES string of the molecule is Cc1cc(=O)c(C(=O)N2CCc3ccccc3C2)c(C2CC2)n1Cc1ccc(F)cc1. The van der Waals surface area contributed by atoms with Gasteiger partial charge in [-0.2, -0.15) is 0 Å². The quantitative estimate of drug-likeness (QED) is 0.632. The minimum Gasteiger partial charge on any atom is -0.343 e. The highest BCUT2D eigenvalue weighted by molar-refractivity contribution is 5.95. The molecule has 0 radical (unpaired) electrons. The van der Waals surface area contributed by atoms with E-state index >= 15 is 0 Å². The van der Waals surface area contributed by atoms with Crippen molar-refractivity contribution in [3.05, 3.63) is 104 Å². The summed E-state index contributed by atoms with van der Waals surface area (Å²) in [5.74, 6) is -0.220. The van der Waals surface area contributed by atoms with Crippen LogP contribution in [0.2, 0.25) is 0 Å². The van der Waals surface area contributed by atoms with Gasteiger partial charge in [0.25, 0.3) is 5.91 Å². The van der Waals surface area contributed by atoms with Crippen molar-refractivity contribution in [1.82, 2.24) is 9.47 Å². The van der Waals surface area contributed by atoms with Crippen molar-refractivity contribution in [2.75, 3.05) is 6.54 Å². The van der Waals surface area contributed by atoms with Crippen LogP contribution in [0.25, 0.3) is 0 Å². The lowest BCUT2D eigenvalue weighted by molar-refractivity contribution is 0.0731. The Kier molecular flexibility index (Phi) is 4.97. The predicted octanol–water partition coefficient (Wildman–Crippen LogP) is 4.42. The number of hydrogen-bond acceptors (Lipinski definition) is 2. The zero-order valence-electron chi connectivity index (χ0n) is 17.6. The highest BCUT2D eigenvalue weighted by Crippen LogP contribution is 2.42. The molecule has 0 bridgehead atoms. The summed E-state index contributed by atoms with van der Waals surface area (Å²) in [5.41, 5.74) is 5.16. The monoisotopic (exact) mass is 416 g/mol. The lowest BCUT2D eigenvalue weighted by Gasteiger charge is -2.30. The molecule has 1 amide bonds. The van der Waals surface area contributed by atoms with E-state index in [1.807, 2.05) is 24.0 Å². The lowest BCUT2D eigenvalue weighted by atomic mass is 9.98. The molecule has 4 nitrogen and oxygen atoms in total. The minimum atomic E-state index is -0.274. The first kappa shape index (κ1) is 19.7. The summed E-state index contributed by atoms with van der Waals surface area (Å²) in [6, 6.07) is 16.1. The van der Waals surface area contributed by atoms with Crippen molar-refractivity contribution in [3.8, 4) is 0 Å². The fourth-order valence-corrected chi connectivity index (χ4v) is 4.60. The van der Waals surface area contributed by atoms with Crippen LogP contribution < -0.4 is 5.43 Å². The second kappa shape index (κ2) is 7.80. The van der Waals surface area contributed by atoms with Crippen LogP contribution >= 0.6 is 0 Å². The van der Waals surface area contributed by atoms with Gasteiger partial charge in [0, 0.05) is 43.0 Å². The van der Waals surface area contributed by atoms with Gasteiger partial charge < -0.3 is 9.47 Å². The number of rotatable bonds is 4. The Bertz CT molecular complexity index is 1210. The number of nitrogens with zero attached hydrogens (tertiary/aromatic N) is 2. The Labute approximate surface area is 180 Å². The number of benzene rings is 2. The Morgan fingerprint density at radius 3 is 2.48 bits per heavy atom. The molecule has 0 unspecified atom stereocenters. The number of aromatic nitrogens is 1. The number of amides is 1. The van der Waals surface area contributed by atoms with Gasteiger partial charge in [-0.3, -0.25) is 9.59 Å². The number of carbonyl (C=O) groups is 1. The Balaban J connectivity index is 1.55. The van der Waals surface area contributed by atoms with Crippen molar-refractivity contribution in [1.29, 1.82) is 0 Å². The third kappa shape index (κ3) is 3.80. The average molecular weight is 416 g/mol. The zero-order chi connectivity index (χ0) is 21.5. The van der Waals surface area contributed by atoms with Gasteiger partial charge in [-0.25, -0.2) is 4.39 Å². The maximum atomic E-state index is 13.6. The third-order valence-electron chi connectivity index (χ3n) is 6.41.